The molecule has 0 bridgehead atoms. The fraction of sp³-hybridized carbons (Fsp3) is 0.306. The van der Waals surface area contributed by atoms with Crippen LogP contribution in [0.2, 0.25) is 19.6 Å². The van der Waals surface area contributed by atoms with Gasteiger partial charge in [-0.15, -0.1) is 53.6 Å². The minimum absolute atomic E-state index is 0. The Morgan fingerprint density at radius 3 is 2.04 bits per heavy atom. The monoisotopic (exact) mass is 948 g/mol. The molecule has 0 saturated heterocycles. The summed E-state index contributed by atoms with van der Waals surface area (Å²) in [6, 6.07) is 32.2. The molecular weight excluding hydrogens is 895 g/mol. The smallest absolute Gasteiger partial charge is 0.142 e. The van der Waals surface area contributed by atoms with Crippen LogP contribution in [0, 0.1) is 32.9 Å². The van der Waals surface area contributed by atoms with Crippen molar-refractivity contribution in [3.63, 3.8) is 0 Å². The summed E-state index contributed by atoms with van der Waals surface area (Å²) in [6.45, 7) is 26.4. The average Bonchev–Trinajstić information content (AvgIpc) is 3.73. The van der Waals surface area contributed by atoms with Gasteiger partial charge in [0.15, 0.2) is 0 Å². The Balaban J connectivity index is 0.000000256. The minimum Gasteiger partial charge on any atom is -0.499 e. The van der Waals surface area contributed by atoms with Crippen molar-refractivity contribution in [2.24, 2.45) is 0 Å². The van der Waals surface area contributed by atoms with Gasteiger partial charge in [-0.25, -0.2) is 0 Å². The van der Waals surface area contributed by atoms with Crippen molar-refractivity contribution in [3.05, 3.63) is 131 Å². The standard InChI is InChI=1S/C34H35N4O.C15H18NSi.Ir/c1-18(2)23-11-9-12-24(19(3)4)31(23)38-30-17-35-28(20(5)6)16-29(30)37-34(38)26-14-10-13-25-27-15-21(7)36-22(8)32(27)39-33(25)26;1-12-5-7-13(8-6-12)15-10-9-14(11-16-15)17(2,3)4;/h9-13,15-20H,1-8H3;5-7,9-11H,1-4H3;/q2*-1;. The molecule has 0 aliphatic carbocycles. The van der Waals surface area contributed by atoms with E-state index in [1.54, 1.807) is 0 Å². The Hall–Kier alpha value is -4.75. The van der Waals surface area contributed by atoms with Crippen molar-refractivity contribution in [1.29, 1.82) is 0 Å². The number of nitrogens with zero attached hydrogens (tertiary/aromatic N) is 5. The number of hydrogen-bond donors (Lipinski definition) is 0. The topological polar surface area (TPSA) is 69.6 Å². The third kappa shape index (κ3) is 8.32. The number of benzene rings is 3. The van der Waals surface area contributed by atoms with Crippen LogP contribution in [0.4, 0.5) is 0 Å². The molecule has 0 aliphatic rings. The first kappa shape index (κ1) is 41.9. The van der Waals surface area contributed by atoms with Crippen LogP contribution < -0.4 is 5.19 Å². The SMILES string of the molecule is Cc1c[c-]c(-c2ccc([Si](C)(C)C)cn2)cc1.Cc1cc2c(oc3c(-c4nc5cc(C(C)C)ncc5n4-c4c(C(C)C)cccc4C(C)C)[c-]ccc32)c(C)n1.[Ir]. The summed E-state index contributed by atoms with van der Waals surface area (Å²) in [5, 5.41) is 3.52. The molecule has 5 aromatic heterocycles. The van der Waals surface area contributed by atoms with Crippen LogP contribution in [0.25, 0.3) is 61.3 Å². The van der Waals surface area contributed by atoms with Gasteiger partial charge in [-0.1, -0.05) is 109 Å². The summed E-state index contributed by atoms with van der Waals surface area (Å²) < 4.78 is 8.86. The minimum atomic E-state index is -1.24. The van der Waals surface area contributed by atoms with Gasteiger partial charge in [0, 0.05) is 48.8 Å². The van der Waals surface area contributed by atoms with Gasteiger partial charge in [0.1, 0.15) is 5.58 Å². The fourth-order valence-electron chi connectivity index (χ4n) is 7.35. The van der Waals surface area contributed by atoms with Crippen molar-refractivity contribution in [2.75, 3.05) is 0 Å². The zero-order valence-corrected chi connectivity index (χ0v) is 38.7. The maximum absolute atomic E-state index is 6.57. The van der Waals surface area contributed by atoms with Crippen LogP contribution in [0.3, 0.4) is 0 Å². The van der Waals surface area contributed by atoms with Gasteiger partial charge < -0.3 is 14.0 Å². The molecular formula is C49H53IrN5OSi-2. The first-order valence-corrected chi connectivity index (χ1v) is 23.3. The van der Waals surface area contributed by atoms with Crippen molar-refractivity contribution in [2.45, 2.75) is 99.7 Å². The Morgan fingerprint density at radius 1 is 0.719 bits per heavy atom. The number of pyridine rings is 3. The largest absolute Gasteiger partial charge is 0.499 e. The molecule has 0 saturated carbocycles. The second-order valence-electron chi connectivity index (χ2n) is 17.0. The number of para-hydroxylation sites is 1. The van der Waals surface area contributed by atoms with E-state index < -0.39 is 8.07 Å². The Kier molecular flexibility index (Phi) is 12.2. The summed E-state index contributed by atoms with van der Waals surface area (Å²) >= 11 is 0. The molecule has 8 aromatic rings. The van der Waals surface area contributed by atoms with E-state index in [1.165, 1.54) is 27.6 Å². The van der Waals surface area contributed by atoms with E-state index in [1.807, 2.05) is 38.4 Å². The fourth-order valence-corrected chi connectivity index (χ4v) is 8.38. The molecule has 0 N–H and O–H groups in total. The van der Waals surface area contributed by atoms with Crippen molar-refractivity contribution >= 4 is 46.2 Å². The van der Waals surface area contributed by atoms with Gasteiger partial charge in [0.05, 0.1) is 42.4 Å². The Bertz CT molecular complexity index is 2660. The van der Waals surface area contributed by atoms with Crippen LogP contribution in [-0.2, 0) is 20.1 Å². The maximum Gasteiger partial charge on any atom is 0.142 e. The zero-order chi connectivity index (χ0) is 40.1. The molecule has 6 nitrogen and oxygen atoms in total. The third-order valence-corrected chi connectivity index (χ3v) is 12.6. The van der Waals surface area contributed by atoms with E-state index in [2.05, 4.69) is 155 Å². The number of furan rings is 1. The summed E-state index contributed by atoms with van der Waals surface area (Å²) in [5.74, 6) is 1.78. The third-order valence-electron chi connectivity index (χ3n) is 10.5. The summed E-state index contributed by atoms with van der Waals surface area (Å²) in [5.41, 5.74) is 14.3. The number of aromatic nitrogens is 5. The van der Waals surface area contributed by atoms with Crippen LogP contribution >= 0.6 is 0 Å². The maximum atomic E-state index is 6.57. The van der Waals surface area contributed by atoms with Gasteiger partial charge in [-0.05, 0) is 65.7 Å². The zero-order valence-electron chi connectivity index (χ0n) is 35.3. The molecule has 8 heteroatoms. The molecule has 0 fully saturated rings. The van der Waals surface area contributed by atoms with Crippen molar-refractivity contribution in [3.8, 4) is 28.3 Å². The number of hydrogen-bond acceptors (Lipinski definition) is 5. The van der Waals surface area contributed by atoms with Gasteiger partial charge in [0.2, 0.25) is 0 Å². The summed E-state index contributed by atoms with van der Waals surface area (Å²) in [7, 11) is -1.24. The van der Waals surface area contributed by atoms with Crippen molar-refractivity contribution in [1.82, 2.24) is 24.5 Å². The van der Waals surface area contributed by atoms with Crippen LogP contribution in [0.1, 0.15) is 93.1 Å². The van der Waals surface area contributed by atoms with Crippen LogP contribution in [0.5, 0.6) is 0 Å². The molecule has 57 heavy (non-hydrogen) atoms. The Labute approximate surface area is 352 Å². The van der Waals surface area contributed by atoms with E-state index >= 15 is 0 Å². The van der Waals surface area contributed by atoms with E-state index in [4.69, 9.17) is 14.4 Å². The van der Waals surface area contributed by atoms with Crippen LogP contribution in [-0.4, -0.2) is 32.6 Å². The number of rotatable bonds is 7. The molecule has 8 rings (SSSR count). The molecule has 5 heterocycles. The molecule has 0 unspecified atom stereocenters. The molecule has 1 radical (unpaired) electrons. The first-order valence-electron chi connectivity index (χ1n) is 19.8. The van der Waals surface area contributed by atoms with Gasteiger partial charge >= 0.3 is 0 Å². The predicted octanol–water partition coefficient (Wildman–Crippen LogP) is 12.6. The molecule has 295 valence electrons. The van der Waals surface area contributed by atoms with E-state index in [0.29, 0.717) is 17.8 Å². The summed E-state index contributed by atoms with van der Waals surface area (Å²) in [6.07, 6.45) is 4.01. The van der Waals surface area contributed by atoms with Gasteiger partial charge in [0.25, 0.3) is 0 Å². The van der Waals surface area contributed by atoms with Gasteiger partial charge in [-0.3, -0.25) is 15.0 Å². The predicted molar refractivity (Wildman–Crippen MR) is 236 cm³/mol. The Morgan fingerprint density at radius 2 is 1.44 bits per heavy atom. The molecule has 3 aromatic carbocycles. The second-order valence-corrected chi connectivity index (χ2v) is 22.1. The number of aryl methyl sites for hydroxylation is 3. The molecule has 0 amide bonds. The van der Waals surface area contributed by atoms with E-state index in [-0.39, 0.29) is 20.1 Å². The van der Waals surface area contributed by atoms with E-state index in [0.717, 1.165) is 72.7 Å². The second kappa shape index (κ2) is 16.6. The number of fused-ring (bicyclic) bond motifs is 4. The van der Waals surface area contributed by atoms with Crippen LogP contribution in [0.15, 0.2) is 89.6 Å². The molecule has 0 atom stereocenters. The molecule has 0 spiro atoms. The van der Waals surface area contributed by atoms with E-state index in [9.17, 15) is 0 Å². The quantitative estimate of drug-likeness (QED) is 0.118. The van der Waals surface area contributed by atoms with Crippen molar-refractivity contribution < 1.29 is 24.5 Å². The van der Waals surface area contributed by atoms with Gasteiger partial charge in [-0.2, -0.15) is 0 Å². The average molecular weight is 948 g/mol. The number of imidazole rings is 1. The summed E-state index contributed by atoms with van der Waals surface area (Å²) in [4.78, 5) is 19.3. The normalized spacial score (nSPS) is 11.8. The molecule has 0 aliphatic heterocycles. The first-order chi connectivity index (χ1) is 26.6.